The summed E-state index contributed by atoms with van der Waals surface area (Å²) in [5.41, 5.74) is 0. The van der Waals surface area contributed by atoms with Gasteiger partial charge in [-0.2, -0.15) is 0 Å². The monoisotopic (exact) mass is 466 g/mol. The van der Waals surface area contributed by atoms with E-state index in [-0.39, 0.29) is 29.4 Å². The first-order valence-electron chi connectivity index (χ1n) is 11.4. The lowest BCUT2D eigenvalue weighted by molar-refractivity contribution is -0.246. The molecule has 0 aromatic rings. The summed E-state index contributed by atoms with van der Waals surface area (Å²) in [7, 11) is 0. The van der Waals surface area contributed by atoms with Gasteiger partial charge in [0.25, 0.3) is 0 Å². The van der Waals surface area contributed by atoms with Gasteiger partial charge in [0.15, 0.2) is 0 Å². The minimum Gasteiger partial charge on any atom is -0.379 e. The van der Waals surface area contributed by atoms with Crippen molar-refractivity contribution in [2.75, 3.05) is 33.0 Å². The Hall–Kier alpha value is 0.280. The zero-order valence-electron chi connectivity index (χ0n) is 18.5. The van der Waals surface area contributed by atoms with E-state index in [4.69, 9.17) is 23.7 Å². The number of hydrogen-bond acceptors (Lipinski definition) is 5. The lowest BCUT2D eigenvalue weighted by Gasteiger charge is -2.44. The molecule has 0 spiro atoms. The van der Waals surface area contributed by atoms with Gasteiger partial charge in [0.2, 0.25) is 0 Å². The topological polar surface area (TPSA) is 46.2 Å². The molecule has 1 aliphatic heterocycles. The fourth-order valence-corrected chi connectivity index (χ4v) is 3.83. The van der Waals surface area contributed by atoms with Crippen molar-refractivity contribution in [1.29, 1.82) is 0 Å². The quantitative estimate of drug-likeness (QED) is 0.209. The summed E-state index contributed by atoms with van der Waals surface area (Å²) in [6.07, 6.45) is 7.92. The van der Waals surface area contributed by atoms with Crippen molar-refractivity contribution in [3.05, 3.63) is 0 Å². The average molecular weight is 467 g/mol. The molecule has 5 nitrogen and oxygen atoms in total. The third-order valence-electron chi connectivity index (χ3n) is 4.93. The first kappa shape index (κ1) is 26.3. The summed E-state index contributed by atoms with van der Waals surface area (Å²) in [5.74, 6) is 0. The number of unbranched alkanes of at least 4 members (excludes halogenated alkanes) is 4. The molecule has 1 rings (SSSR count). The van der Waals surface area contributed by atoms with E-state index in [0.29, 0.717) is 26.4 Å². The zero-order chi connectivity index (χ0) is 20.6. The molecule has 6 heteroatoms. The number of rotatable bonds is 17. The molecule has 5 atom stereocenters. The maximum atomic E-state index is 6.32. The molecule has 0 radical (unpaired) electrons. The third kappa shape index (κ3) is 9.86. The van der Waals surface area contributed by atoms with E-state index in [1.54, 1.807) is 0 Å². The molecule has 0 saturated carbocycles. The van der Waals surface area contributed by atoms with E-state index < -0.39 is 0 Å². The van der Waals surface area contributed by atoms with Gasteiger partial charge in [-0.3, -0.25) is 0 Å². The summed E-state index contributed by atoms with van der Waals surface area (Å²) in [4.78, 5) is 0. The largest absolute Gasteiger partial charge is 0.379 e. The second-order valence-electron chi connectivity index (χ2n) is 7.52. The summed E-state index contributed by atoms with van der Waals surface area (Å²) in [6.45, 7) is 12.1. The highest BCUT2D eigenvalue weighted by Crippen LogP contribution is 2.32. The Morgan fingerprint density at radius 3 is 1.64 bits per heavy atom. The first-order valence-corrected chi connectivity index (χ1v) is 12.3. The molecule has 3 unspecified atom stereocenters. The van der Waals surface area contributed by atoms with Crippen LogP contribution in [0.15, 0.2) is 0 Å². The van der Waals surface area contributed by atoms with E-state index in [2.05, 4.69) is 43.6 Å². The molecule has 0 aliphatic carbocycles. The normalized spacial score (nSPS) is 28.0. The van der Waals surface area contributed by atoms with E-state index in [1.807, 2.05) is 0 Å². The molecule has 0 N–H and O–H groups in total. The Bertz CT molecular complexity index is 358. The number of alkyl halides is 1. The van der Waals surface area contributed by atoms with Gasteiger partial charge in [0, 0.05) is 26.4 Å². The van der Waals surface area contributed by atoms with Crippen molar-refractivity contribution in [1.82, 2.24) is 0 Å². The minimum atomic E-state index is -0.221. The first-order chi connectivity index (χ1) is 13.7. The van der Waals surface area contributed by atoms with Crippen LogP contribution in [-0.4, -0.2) is 62.5 Å². The van der Waals surface area contributed by atoms with Crippen LogP contribution >= 0.6 is 15.9 Å². The molecule has 0 bridgehead atoms. The number of halogens is 1. The Labute approximate surface area is 181 Å². The van der Waals surface area contributed by atoms with Gasteiger partial charge in [-0.15, -0.1) is 0 Å². The van der Waals surface area contributed by atoms with Crippen LogP contribution in [-0.2, 0) is 23.7 Å². The van der Waals surface area contributed by atoms with Gasteiger partial charge >= 0.3 is 0 Å². The lowest BCUT2D eigenvalue weighted by Crippen LogP contribution is -2.60. The smallest absolute Gasteiger partial charge is 0.141 e. The van der Waals surface area contributed by atoms with Crippen molar-refractivity contribution >= 4 is 15.9 Å². The van der Waals surface area contributed by atoms with E-state index in [9.17, 15) is 0 Å². The molecule has 168 valence electrons. The van der Waals surface area contributed by atoms with Gasteiger partial charge < -0.3 is 23.7 Å². The van der Waals surface area contributed by atoms with Crippen LogP contribution in [0.3, 0.4) is 0 Å². The van der Waals surface area contributed by atoms with Crippen molar-refractivity contribution in [3.8, 4) is 0 Å². The SMILES string of the molecule is CCCCOCC1OC(Br)[C@@H](OCCCC)C(OCCCC)[C@@H]1OCCCC. The second-order valence-corrected chi connectivity index (χ2v) is 8.42. The van der Waals surface area contributed by atoms with Crippen molar-refractivity contribution in [2.24, 2.45) is 0 Å². The highest BCUT2D eigenvalue weighted by molar-refractivity contribution is 9.09. The third-order valence-corrected chi connectivity index (χ3v) is 5.66. The predicted molar refractivity (Wildman–Crippen MR) is 117 cm³/mol. The Morgan fingerprint density at radius 2 is 1.11 bits per heavy atom. The molecular weight excluding hydrogens is 424 g/mol. The van der Waals surface area contributed by atoms with Gasteiger partial charge in [-0.05, 0) is 25.7 Å². The standard InChI is InChI=1S/C22H43BrO5/c1-5-9-13-24-17-18-19(25-14-10-6-2)20(26-15-11-7-3)21(22(23)28-18)27-16-12-8-4/h18-22H,5-17H2,1-4H3/t18?,19-,20?,21+,22?/m1/s1. The highest BCUT2D eigenvalue weighted by atomic mass is 79.9. The van der Waals surface area contributed by atoms with Crippen LogP contribution in [0.5, 0.6) is 0 Å². The summed E-state index contributed by atoms with van der Waals surface area (Å²) in [5, 5.41) is -0.221. The fraction of sp³-hybridized carbons (Fsp3) is 1.00. The van der Waals surface area contributed by atoms with Gasteiger partial charge in [-0.25, -0.2) is 0 Å². The number of hydrogen-bond donors (Lipinski definition) is 0. The zero-order valence-corrected chi connectivity index (χ0v) is 20.1. The van der Waals surface area contributed by atoms with Crippen LogP contribution in [0.25, 0.3) is 0 Å². The minimum absolute atomic E-state index is 0.154. The average Bonchev–Trinajstić information content (AvgIpc) is 2.69. The predicted octanol–water partition coefficient (Wildman–Crippen LogP) is 5.48. The molecule has 1 saturated heterocycles. The molecule has 28 heavy (non-hydrogen) atoms. The summed E-state index contributed by atoms with van der Waals surface area (Å²) < 4.78 is 30.9. The summed E-state index contributed by atoms with van der Waals surface area (Å²) >= 11 is 3.69. The fourth-order valence-electron chi connectivity index (χ4n) is 3.10. The maximum absolute atomic E-state index is 6.32. The van der Waals surface area contributed by atoms with Crippen LogP contribution in [0.1, 0.15) is 79.1 Å². The Kier molecular flexibility index (Phi) is 16.0. The van der Waals surface area contributed by atoms with Crippen molar-refractivity contribution < 1.29 is 23.7 Å². The van der Waals surface area contributed by atoms with Crippen molar-refractivity contribution in [3.63, 3.8) is 0 Å². The summed E-state index contributed by atoms with van der Waals surface area (Å²) in [6, 6.07) is 0. The van der Waals surface area contributed by atoms with Crippen LogP contribution in [0, 0.1) is 0 Å². The van der Waals surface area contributed by atoms with Crippen LogP contribution < -0.4 is 0 Å². The van der Waals surface area contributed by atoms with Gasteiger partial charge in [-0.1, -0.05) is 69.3 Å². The Morgan fingerprint density at radius 1 is 0.643 bits per heavy atom. The lowest BCUT2D eigenvalue weighted by atomic mass is 9.99. The van der Waals surface area contributed by atoms with Gasteiger partial charge in [0.1, 0.15) is 29.4 Å². The van der Waals surface area contributed by atoms with Crippen LogP contribution in [0.4, 0.5) is 0 Å². The van der Waals surface area contributed by atoms with Gasteiger partial charge in [0.05, 0.1) is 6.61 Å². The molecule has 1 fully saturated rings. The molecule has 0 aromatic carbocycles. The number of ether oxygens (including phenoxy) is 5. The second kappa shape index (κ2) is 17.0. The molecular formula is C22H43BrO5. The van der Waals surface area contributed by atoms with Crippen molar-refractivity contribution in [2.45, 2.75) is 108 Å². The van der Waals surface area contributed by atoms with E-state index in [1.165, 1.54) is 0 Å². The Balaban J connectivity index is 2.84. The molecule has 0 amide bonds. The molecule has 0 aromatic heterocycles. The maximum Gasteiger partial charge on any atom is 0.141 e. The molecule has 1 aliphatic rings. The molecule has 1 heterocycles. The highest BCUT2D eigenvalue weighted by Gasteiger charge is 2.47. The van der Waals surface area contributed by atoms with E-state index >= 15 is 0 Å². The van der Waals surface area contributed by atoms with Crippen LogP contribution in [0.2, 0.25) is 0 Å². The van der Waals surface area contributed by atoms with E-state index in [0.717, 1.165) is 58.0 Å².